The van der Waals surface area contributed by atoms with E-state index >= 15 is 0 Å². The molecule has 4 N–H and O–H groups in total. The van der Waals surface area contributed by atoms with Gasteiger partial charge in [-0.05, 0) is 121 Å². The molecule has 0 bridgehead atoms. The summed E-state index contributed by atoms with van der Waals surface area (Å²) in [6, 6.07) is 0. The van der Waals surface area contributed by atoms with E-state index in [0.717, 1.165) is 43.1 Å². The first-order valence-electron chi connectivity index (χ1n) is 21.3. The van der Waals surface area contributed by atoms with Crippen LogP contribution in [0.2, 0.25) is 0 Å². The second kappa shape index (κ2) is 16.1. The van der Waals surface area contributed by atoms with E-state index in [0.29, 0.717) is 54.1 Å². The second-order valence-corrected chi connectivity index (χ2v) is 19.5. The number of nitrogens with zero attached hydrogens (tertiary/aromatic N) is 2. The van der Waals surface area contributed by atoms with E-state index in [-0.39, 0.29) is 58.6 Å². The number of hydrogen-bond donors (Lipinski definition) is 4. The SMILES string of the molecule is C=C(O)CC.CNCCN1NC=N/C=C(/OC)CCC(=O)/C(O)=C\1C12CC[C@]3(C)C(CCC4C5(C)CCC(C)C(C)(C)[C@@H]5CCC43C)C1=C(C(C)C)C(=O)C2. The van der Waals surface area contributed by atoms with Crippen LogP contribution in [0.5, 0.6) is 0 Å². The first-order chi connectivity index (χ1) is 25.8. The third kappa shape index (κ3) is 7.11. The predicted octanol–water partition coefficient (Wildman–Crippen LogP) is 9.75. The Kier molecular flexibility index (Phi) is 12.6. The minimum atomic E-state index is -0.771. The highest BCUT2D eigenvalue weighted by atomic mass is 16.5. The summed E-state index contributed by atoms with van der Waals surface area (Å²) in [5.41, 5.74) is 6.05. The number of hydrogen-bond acceptors (Lipinski definition) is 9. The predicted molar refractivity (Wildman–Crippen MR) is 222 cm³/mol. The van der Waals surface area contributed by atoms with Crippen molar-refractivity contribution in [3.8, 4) is 0 Å². The number of carbonyl (C=O) groups excluding carboxylic acids is 2. The largest absolute Gasteiger partial charge is 0.513 e. The molecule has 0 aromatic heterocycles. The van der Waals surface area contributed by atoms with Crippen molar-refractivity contribution in [2.24, 2.45) is 61.7 Å². The van der Waals surface area contributed by atoms with Gasteiger partial charge in [0.05, 0.1) is 31.3 Å². The van der Waals surface area contributed by atoms with E-state index in [1.54, 1.807) is 19.6 Å². The maximum Gasteiger partial charge on any atom is 0.199 e. The summed E-state index contributed by atoms with van der Waals surface area (Å²) >= 11 is 0. The van der Waals surface area contributed by atoms with Crippen molar-refractivity contribution in [3.05, 3.63) is 46.9 Å². The number of aliphatic imine (C=N–C) groups is 1. The summed E-state index contributed by atoms with van der Waals surface area (Å²) in [6.07, 6.45) is 13.6. The van der Waals surface area contributed by atoms with E-state index in [1.165, 1.54) is 31.3 Å². The standard InChI is InChI=1S/C42H66N4O4.C4H8O/c1-26(2)34-31(48)23-42(37-36(49)30(47)13-11-28(50-10)24-44-25-45-46(37)22-21-43-9)20-19-40(7)29(35(34)42)12-14-33-39(6)17-15-27(3)38(4,5)32(39)16-18-41(33,40)8;1-3-4(2)5/h24-27,29,32-33,43,49H,11-23H2,1-10H3,(H,44,45);5H,2-3H2,1H3/b28-24+,37-36+;/t27?,29?,32-,33?,39?,40+,41?,42?;/m0./s1. The molecular formula is C46H74N4O5. The van der Waals surface area contributed by atoms with Crippen LogP contribution in [0.25, 0.3) is 0 Å². The third-order valence-electron chi connectivity index (χ3n) is 16.6. The Hall–Kier alpha value is -3.07. The Labute approximate surface area is 332 Å². The van der Waals surface area contributed by atoms with Crippen LogP contribution in [0.4, 0.5) is 0 Å². The number of aliphatic hydroxyl groups excluding tert-OH is 2. The Morgan fingerprint density at radius 2 is 1.71 bits per heavy atom. The lowest BCUT2D eigenvalue weighted by atomic mass is 9.32. The number of rotatable bonds is 7. The number of Topliss-reactive ketones (excluding diaryl/α,β-unsaturated/α-hetero) is 2. The number of ketones is 2. The highest BCUT2D eigenvalue weighted by Crippen LogP contribution is 2.77. The lowest BCUT2D eigenvalue weighted by Crippen LogP contribution is -2.65. The molecule has 6 unspecified atom stereocenters. The highest BCUT2D eigenvalue weighted by Gasteiger charge is 2.70. The van der Waals surface area contributed by atoms with Crippen molar-refractivity contribution in [2.45, 2.75) is 139 Å². The quantitative estimate of drug-likeness (QED) is 0.189. The summed E-state index contributed by atoms with van der Waals surface area (Å²) in [7, 11) is 3.47. The first-order valence-corrected chi connectivity index (χ1v) is 21.3. The van der Waals surface area contributed by atoms with Crippen molar-refractivity contribution in [3.63, 3.8) is 0 Å². The van der Waals surface area contributed by atoms with Gasteiger partial charge in [-0.3, -0.25) is 20.0 Å². The molecule has 6 aliphatic rings. The normalized spacial score (nSPS) is 39.6. The van der Waals surface area contributed by atoms with Crippen LogP contribution in [-0.4, -0.2) is 60.4 Å². The summed E-state index contributed by atoms with van der Waals surface area (Å²) in [5.74, 6) is 2.79. The molecule has 0 amide bonds. The minimum absolute atomic E-state index is 0.00364. The molecular weight excluding hydrogens is 689 g/mol. The number of fused-ring (bicyclic) bond motifs is 7. The molecule has 308 valence electrons. The highest BCUT2D eigenvalue weighted by molar-refractivity contribution is 6.02. The van der Waals surface area contributed by atoms with Gasteiger partial charge in [0.25, 0.3) is 0 Å². The topological polar surface area (TPSA) is 123 Å². The summed E-state index contributed by atoms with van der Waals surface area (Å²) in [5, 5.41) is 25.5. The van der Waals surface area contributed by atoms with Crippen LogP contribution < -0.4 is 10.7 Å². The zero-order chi connectivity index (χ0) is 40.7. The van der Waals surface area contributed by atoms with Gasteiger partial charge in [-0.1, -0.05) is 68.9 Å². The number of methoxy groups -OCH3 is 1. The van der Waals surface area contributed by atoms with E-state index in [1.807, 2.05) is 19.0 Å². The van der Waals surface area contributed by atoms with Gasteiger partial charge < -0.3 is 20.3 Å². The molecule has 4 saturated carbocycles. The number of hydrazine groups is 1. The van der Waals surface area contributed by atoms with Gasteiger partial charge in [0.2, 0.25) is 0 Å². The van der Waals surface area contributed by atoms with Gasteiger partial charge in [0, 0.05) is 37.6 Å². The van der Waals surface area contributed by atoms with Crippen molar-refractivity contribution in [2.75, 3.05) is 27.2 Å². The second-order valence-electron chi connectivity index (χ2n) is 19.5. The monoisotopic (exact) mass is 763 g/mol. The summed E-state index contributed by atoms with van der Waals surface area (Å²) < 4.78 is 5.48. The van der Waals surface area contributed by atoms with Crippen LogP contribution in [0.1, 0.15) is 139 Å². The molecule has 4 fully saturated rings. The van der Waals surface area contributed by atoms with Crippen molar-refractivity contribution < 1.29 is 24.5 Å². The number of carbonyl (C=O) groups is 2. The zero-order valence-corrected chi connectivity index (χ0v) is 36.2. The Bertz CT molecular complexity index is 1620. The van der Waals surface area contributed by atoms with Gasteiger partial charge in [-0.15, -0.1) is 0 Å². The zero-order valence-electron chi connectivity index (χ0n) is 36.2. The molecule has 0 spiro atoms. The molecule has 0 aromatic rings. The molecule has 9 nitrogen and oxygen atoms in total. The lowest BCUT2D eigenvalue weighted by Gasteiger charge is -2.72. The van der Waals surface area contributed by atoms with E-state index in [2.05, 4.69) is 77.7 Å². The Balaban J connectivity index is 0.00000109. The summed E-state index contributed by atoms with van der Waals surface area (Å²) in [6.45, 7) is 25.9. The fraction of sp³-hybridized carbons (Fsp3) is 0.761. The number of aliphatic hydroxyl groups is 2. The molecule has 55 heavy (non-hydrogen) atoms. The molecule has 1 aliphatic heterocycles. The third-order valence-corrected chi connectivity index (χ3v) is 16.6. The molecule has 0 radical (unpaired) electrons. The molecule has 8 atom stereocenters. The van der Waals surface area contributed by atoms with Crippen molar-refractivity contribution in [1.82, 2.24) is 15.8 Å². The number of nitrogens with one attached hydrogen (secondary N) is 2. The van der Waals surface area contributed by atoms with Crippen molar-refractivity contribution >= 4 is 17.9 Å². The van der Waals surface area contributed by atoms with Gasteiger partial charge in [0.15, 0.2) is 17.3 Å². The maximum atomic E-state index is 14.5. The average molecular weight is 763 g/mol. The molecule has 0 aromatic carbocycles. The molecule has 0 saturated heterocycles. The number of allylic oxidation sites excluding steroid dienone is 5. The first kappa shape index (κ1) is 43.1. The molecule has 1 heterocycles. The van der Waals surface area contributed by atoms with Gasteiger partial charge in [0.1, 0.15) is 12.1 Å². The van der Waals surface area contributed by atoms with Crippen LogP contribution in [0.3, 0.4) is 0 Å². The van der Waals surface area contributed by atoms with Gasteiger partial charge >= 0.3 is 0 Å². The molecule has 6 rings (SSSR count). The van der Waals surface area contributed by atoms with E-state index in [4.69, 9.17) is 9.84 Å². The van der Waals surface area contributed by atoms with Crippen LogP contribution >= 0.6 is 0 Å². The van der Waals surface area contributed by atoms with Crippen LogP contribution in [-0.2, 0) is 14.3 Å². The van der Waals surface area contributed by atoms with E-state index in [9.17, 15) is 14.7 Å². The molecule has 9 heteroatoms. The van der Waals surface area contributed by atoms with E-state index < -0.39 is 5.41 Å². The van der Waals surface area contributed by atoms with Crippen molar-refractivity contribution in [1.29, 1.82) is 0 Å². The maximum absolute atomic E-state index is 14.5. The molecule has 5 aliphatic carbocycles. The smallest absolute Gasteiger partial charge is 0.199 e. The Morgan fingerprint density at radius 1 is 1.02 bits per heavy atom. The minimum Gasteiger partial charge on any atom is -0.513 e. The van der Waals surface area contributed by atoms with Crippen LogP contribution in [0, 0.1) is 56.7 Å². The Morgan fingerprint density at radius 3 is 2.33 bits per heavy atom. The lowest BCUT2D eigenvalue weighted by molar-refractivity contribution is -0.219. The van der Waals surface area contributed by atoms with Gasteiger partial charge in [-0.2, -0.15) is 0 Å². The van der Waals surface area contributed by atoms with Crippen LogP contribution in [0.15, 0.2) is 51.9 Å². The fourth-order valence-electron chi connectivity index (χ4n) is 13.1. The van der Waals surface area contributed by atoms with Gasteiger partial charge in [-0.25, -0.2) is 4.99 Å². The number of ether oxygens (including phenoxy) is 1. The fourth-order valence-corrected chi connectivity index (χ4v) is 13.1. The number of likely N-dealkylation sites (N-methyl/N-ethyl adjacent to an activating group) is 1. The average Bonchev–Trinajstić information content (AvgIpc) is 3.43. The summed E-state index contributed by atoms with van der Waals surface area (Å²) in [4.78, 5) is 32.9.